The number of thiazole rings is 1. The van der Waals surface area contributed by atoms with E-state index >= 15 is 0 Å². The third-order valence-corrected chi connectivity index (χ3v) is 9.07. The predicted molar refractivity (Wildman–Crippen MR) is 133 cm³/mol. The van der Waals surface area contributed by atoms with E-state index in [0.717, 1.165) is 30.2 Å². The Morgan fingerprint density at radius 1 is 1.11 bits per heavy atom. The first-order chi connectivity index (χ1) is 16.6. The molecule has 0 atom stereocenters. The van der Waals surface area contributed by atoms with Crippen molar-refractivity contribution in [2.75, 3.05) is 45.2 Å². The lowest BCUT2D eigenvalue weighted by Crippen LogP contribution is -2.38. The van der Waals surface area contributed by atoms with Gasteiger partial charge < -0.3 is 4.90 Å². The van der Waals surface area contributed by atoms with Crippen LogP contribution in [0.2, 0.25) is 0 Å². The van der Waals surface area contributed by atoms with Gasteiger partial charge in [0.1, 0.15) is 11.3 Å². The van der Waals surface area contributed by atoms with Crippen molar-refractivity contribution < 1.29 is 22.0 Å². The Hall–Kier alpha value is -2.47. The van der Waals surface area contributed by atoms with Crippen LogP contribution in [0.25, 0.3) is 10.2 Å². The van der Waals surface area contributed by atoms with Crippen molar-refractivity contribution in [1.29, 1.82) is 0 Å². The van der Waals surface area contributed by atoms with Gasteiger partial charge in [0.25, 0.3) is 5.91 Å². The van der Waals surface area contributed by atoms with Crippen LogP contribution in [-0.2, 0) is 10.0 Å². The van der Waals surface area contributed by atoms with E-state index in [9.17, 15) is 22.0 Å². The van der Waals surface area contributed by atoms with Crippen molar-refractivity contribution in [3.63, 3.8) is 0 Å². The minimum atomic E-state index is -3.63. The Morgan fingerprint density at radius 2 is 1.77 bits per heavy atom. The summed E-state index contributed by atoms with van der Waals surface area (Å²) in [5, 5.41) is 0.246. The van der Waals surface area contributed by atoms with E-state index in [1.807, 2.05) is 19.0 Å². The van der Waals surface area contributed by atoms with E-state index in [4.69, 9.17) is 0 Å². The number of sulfonamides is 1. The molecule has 1 aliphatic rings. The van der Waals surface area contributed by atoms with Gasteiger partial charge in [-0.25, -0.2) is 22.2 Å². The van der Waals surface area contributed by atoms with Crippen LogP contribution in [0, 0.1) is 17.6 Å². The molecular weight excluding hydrogens is 494 g/mol. The Balaban J connectivity index is 1.62. The quantitative estimate of drug-likeness (QED) is 0.465. The number of hydrogen-bond donors (Lipinski definition) is 0. The number of halogens is 2. The molecule has 0 N–H and O–H groups in total. The summed E-state index contributed by atoms with van der Waals surface area (Å²) in [5.74, 6) is -1.40. The molecular formula is C24H28F2N4O3S2. The van der Waals surface area contributed by atoms with E-state index in [2.05, 4.69) is 11.9 Å². The molecule has 1 amide bonds. The SMILES string of the molecule is CC1CCN(S(=O)(=O)c2ccc(C(=O)N(CCN(C)C)c3nc4c(F)cc(F)cc4s3)cc2)CC1. The molecule has 1 aliphatic heterocycles. The molecule has 188 valence electrons. The summed E-state index contributed by atoms with van der Waals surface area (Å²) in [6.45, 7) is 3.86. The molecule has 11 heteroatoms. The standard InChI is InChI=1S/C24H28F2N4O3S2/c1-16-8-10-29(11-9-16)35(32,33)19-6-4-17(5-7-19)23(31)30(13-12-28(2)3)24-27-22-20(26)14-18(25)15-21(22)34-24/h4-7,14-16H,8-13H2,1-3H3. The normalized spacial score (nSPS) is 15.7. The molecule has 0 bridgehead atoms. The summed E-state index contributed by atoms with van der Waals surface area (Å²) in [7, 11) is 0.0827. The number of carbonyl (C=O) groups excluding carboxylic acids is 1. The zero-order chi connectivity index (χ0) is 25.3. The second kappa shape index (κ2) is 10.3. The minimum absolute atomic E-state index is 0.00587. The van der Waals surface area contributed by atoms with E-state index in [1.54, 1.807) is 0 Å². The number of piperidine rings is 1. The highest BCUT2D eigenvalue weighted by Gasteiger charge is 2.29. The fourth-order valence-corrected chi connectivity index (χ4v) is 6.44. The molecule has 7 nitrogen and oxygen atoms in total. The van der Waals surface area contributed by atoms with Gasteiger partial charge in [0.2, 0.25) is 10.0 Å². The predicted octanol–water partition coefficient (Wildman–Crippen LogP) is 4.20. The zero-order valence-corrected chi connectivity index (χ0v) is 21.5. The van der Waals surface area contributed by atoms with Crippen LogP contribution in [0.5, 0.6) is 0 Å². The van der Waals surface area contributed by atoms with Crippen LogP contribution in [0.15, 0.2) is 41.3 Å². The van der Waals surface area contributed by atoms with Crippen LogP contribution >= 0.6 is 11.3 Å². The van der Waals surface area contributed by atoms with Crippen LogP contribution in [0.3, 0.4) is 0 Å². The number of carbonyl (C=O) groups is 1. The Morgan fingerprint density at radius 3 is 2.40 bits per heavy atom. The number of benzene rings is 2. The molecule has 35 heavy (non-hydrogen) atoms. The summed E-state index contributed by atoms with van der Waals surface area (Å²) in [5.41, 5.74) is 0.284. The zero-order valence-electron chi connectivity index (χ0n) is 19.9. The van der Waals surface area contributed by atoms with Crippen molar-refractivity contribution in [1.82, 2.24) is 14.2 Å². The number of fused-ring (bicyclic) bond motifs is 1. The molecule has 0 spiro atoms. The Kier molecular flexibility index (Phi) is 7.51. The highest BCUT2D eigenvalue weighted by Crippen LogP contribution is 2.32. The Labute approximate surface area is 208 Å². The van der Waals surface area contributed by atoms with E-state index in [0.29, 0.717) is 30.3 Å². The van der Waals surface area contributed by atoms with Gasteiger partial charge in [-0.2, -0.15) is 4.31 Å². The van der Waals surface area contributed by atoms with Gasteiger partial charge in [0.05, 0.1) is 9.60 Å². The third kappa shape index (κ3) is 5.53. The Bertz CT molecular complexity index is 1320. The first-order valence-corrected chi connectivity index (χ1v) is 13.6. The highest BCUT2D eigenvalue weighted by atomic mass is 32.2. The van der Waals surface area contributed by atoms with Crippen molar-refractivity contribution >= 4 is 42.6 Å². The van der Waals surface area contributed by atoms with Crippen LogP contribution < -0.4 is 4.90 Å². The number of amides is 1. The van der Waals surface area contributed by atoms with Crippen molar-refractivity contribution in [3.8, 4) is 0 Å². The average molecular weight is 523 g/mol. The fourth-order valence-electron chi connectivity index (χ4n) is 3.94. The fraction of sp³-hybridized carbons (Fsp3) is 0.417. The first kappa shape index (κ1) is 25.6. The maximum absolute atomic E-state index is 14.2. The van der Waals surface area contributed by atoms with Gasteiger partial charge >= 0.3 is 0 Å². The number of aromatic nitrogens is 1. The lowest BCUT2D eigenvalue weighted by Gasteiger charge is -2.29. The summed E-state index contributed by atoms with van der Waals surface area (Å²) >= 11 is 1.03. The van der Waals surface area contributed by atoms with Crippen LogP contribution in [0.4, 0.5) is 13.9 Å². The first-order valence-electron chi connectivity index (χ1n) is 11.4. The summed E-state index contributed by atoms with van der Waals surface area (Å²) in [6.07, 6.45) is 1.65. The van der Waals surface area contributed by atoms with Crippen molar-refractivity contribution in [2.24, 2.45) is 5.92 Å². The number of nitrogens with zero attached hydrogens (tertiary/aromatic N) is 4. The topological polar surface area (TPSA) is 73.8 Å². The highest BCUT2D eigenvalue weighted by molar-refractivity contribution is 7.89. The maximum Gasteiger partial charge on any atom is 0.260 e. The molecule has 0 aliphatic carbocycles. The monoisotopic (exact) mass is 522 g/mol. The smallest absolute Gasteiger partial charge is 0.260 e. The largest absolute Gasteiger partial charge is 0.308 e. The number of anilines is 1. The molecule has 0 saturated carbocycles. The molecule has 2 heterocycles. The molecule has 3 aromatic rings. The van der Waals surface area contributed by atoms with E-state index in [1.165, 1.54) is 39.5 Å². The number of rotatable bonds is 7. The van der Waals surface area contributed by atoms with Gasteiger partial charge in [-0.05, 0) is 63.2 Å². The molecule has 1 saturated heterocycles. The average Bonchev–Trinajstić information content (AvgIpc) is 3.23. The molecule has 1 aromatic heterocycles. The molecule has 0 unspecified atom stereocenters. The summed E-state index contributed by atoms with van der Waals surface area (Å²) in [4.78, 5) is 21.1. The lowest BCUT2D eigenvalue weighted by atomic mass is 10.0. The third-order valence-electron chi connectivity index (χ3n) is 6.13. The van der Waals surface area contributed by atoms with Crippen molar-refractivity contribution in [2.45, 2.75) is 24.7 Å². The van der Waals surface area contributed by atoms with Gasteiger partial charge in [0, 0.05) is 37.8 Å². The second-order valence-electron chi connectivity index (χ2n) is 9.10. The molecule has 2 aromatic carbocycles. The van der Waals surface area contributed by atoms with Gasteiger partial charge in [0.15, 0.2) is 10.9 Å². The van der Waals surface area contributed by atoms with Gasteiger partial charge in [-0.15, -0.1) is 0 Å². The summed E-state index contributed by atoms with van der Waals surface area (Å²) < 4.78 is 55.7. The van der Waals surface area contributed by atoms with E-state index < -0.39 is 27.6 Å². The molecule has 0 radical (unpaired) electrons. The molecule has 4 rings (SSSR count). The lowest BCUT2D eigenvalue weighted by molar-refractivity contribution is 0.0985. The number of hydrogen-bond acceptors (Lipinski definition) is 6. The van der Waals surface area contributed by atoms with Crippen LogP contribution in [-0.4, -0.2) is 68.8 Å². The number of likely N-dealkylation sites (N-methyl/N-ethyl adjacent to an activating group) is 1. The second-order valence-corrected chi connectivity index (χ2v) is 12.0. The molecule has 1 fully saturated rings. The summed E-state index contributed by atoms with van der Waals surface area (Å²) in [6, 6.07) is 7.81. The van der Waals surface area contributed by atoms with E-state index in [-0.39, 0.29) is 27.7 Å². The maximum atomic E-state index is 14.2. The van der Waals surface area contributed by atoms with Gasteiger partial charge in [-0.1, -0.05) is 18.3 Å². The minimum Gasteiger partial charge on any atom is -0.308 e. The van der Waals surface area contributed by atoms with Gasteiger partial charge in [-0.3, -0.25) is 9.69 Å². The van der Waals surface area contributed by atoms with Crippen molar-refractivity contribution in [3.05, 3.63) is 53.6 Å². The van der Waals surface area contributed by atoms with Crippen LogP contribution in [0.1, 0.15) is 30.1 Å².